The smallest absolute Gasteiger partial charge is 0.257 e. The second-order valence-corrected chi connectivity index (χ2v) is 4.33. The van der Waals surface area contributed by atoms with E-state index < -0.39 is 0 Å². The molecule has 5 heteroatoms. The Labute approximate surface area is 116 Å². The highest BCUT2D eigenvalue weighted by Gasteiger charge is 2.12. The van der Waals surface area contributed by atoms with Crippen molar-refractivity contribution in [3.63, 3.8) is 0 Å². The summed E-state index contributed by atoms with van der Waals surface area (Å²) in [5, 5.41) is 2.71. The lowest BCUT2D eigenvalue weighted by Gasteiger charge is -2.08. The van der Waals surface area contributed by atoms with Crippen molar-refractivity contribution in [1.29, 1.82) is 0 Å². The van der Waals surface area contributed by atoms with Gasteiger partial charge < -0.3 is 10.1 Å². The fraction of sp³-hybridized carbons (Fsp3) is 0.200. The summed E-state index contributed by atoms with van der Waals surface area (Å²) >= 11 is 0. The maximum Gasteiger partial charge on any atom is 0.257 e. The van der Waals surface area contributed by atoms with Crippen molar-refractivity contribution >= 4 is 5.91 Å². The van der Waals surface area contributed by atoms with Gasteiger partial charge in [0.2, 0.25) is 5.88 Å². The largest absolute Gasteiger partial charge is 0.480 e. The van der Waals surface area contributed by atoms with Crippen LogP contribution in [0.15, 0.2) is 36.5 Å². The average molecular weight is 274 g/mol. The minimum Gasteiger partial charge on any atom is -0.480 e. The van der Waals surface area contributed by atoms with Gasteiger partial charge in [0.05, 0.1) is 7.11 Å². The van der Waals surface area contributed by atoms with Crippen LogP contribution in [-0.4, -0.2) is 18.0 Å². The van der Waals surface area contributed by atoms with Crippen molar-refractivity contribution < 1.29 is 13.9 Å². The van der Waals surface area contributed by atoms with E-state index in [1.54, 1.807) is 37.4 Å². The molecule has 4 nitrogen and oxygen atoms in total. The van der Waals surface area contributed by atoms with Gasteiger partial charge in [0.1, 0.15) is 11.4 Å². The number of nitrogens with one attached hydrogen (secondary N) is 1. The highest BCUT2D eigenvalue weighted by molar-refractivity contribution is 5.96. The molecule has 0 unspecified atom stereocenters. The number of hydrogen-bond acceptors (Lipinski definition) is 3. The topological polar surface area (TPSA) is 51.2 Å². The van der Waals surface area contributed by atoms with E-state index >= 15 is 0 Å². The Hall–Kier alpha value is -2.43. The normalized spacial score (nSPS) is 10.2. The molecule has 0 bridgehead atoms. The maximum atomic E-state index is 13.4. The summed E-state index contributed by atoms with van der Waals surface area (Å²) in [5.41, 5.74) is 1.63. The molecule has 0 radical (unpaired) electrons. The molecule has 0 fully saturated rings. The quantitative estimate of drug-likeness (QED) is 0.931. The molecule has 0 saturated heterocycles. The summed E-state index contributed by atoms with van der Waals surface area (Å²) in [6.07, 6.45) is 1.55. The van der Waals surface area contributed by atoms with Gasteiger partial charge in [0, 0.05) is 12.7 Å². The molecule has 20 heavy (non-hydrogen) atoms. The summed E-state index contributed by atoms with van der Waals surface area (Å²) in [6.45, 7) is 1.94. The first-order chi connectivity index (χ1) is 9.61. The van der Waals surface area contributed by atoms with Crippen molar-refractivity contribution in [3.8, 4) is 5.88 Å². The molecule has 0 aliphatic heterocycles. The zero-order valence-corrected chi connectivity index (χ0v) is 11.3. The zero-order chi connectivity index (χ0) is 14.5. The van der Waals surface area contributed by atoms with Crippen LogP contribution in [0, 0.1) is 12.7 Å². The van der Waals surface area contributed by atoms with Gasteiger partial charge >= 0.3 is 0 Å². The van der Waals surface area contributed by atoms with E-state index in [2.05, 4.69) is 10.3 Å². The number of benzene rings is 1. The van der Waals surface area contributed by atoms with Crippen molar-refractivity contribution in [2.24, 2.45) is 0 Å². The van der Waals surface area contributed by atoms with E-state index in [1.165, 1.54) is 13.2 Å². The molecule has 2 rings (SSSR count). The predicted molar refractivity (Wildman–Crippen MR) is 73.1 cm³/mol. The summed E-state index contributed by atoms with van der Waals surface area (Å²) < 4.78 is 18.4. The minimum atomic E-state index is -0.309. The van der Waals surface area contributed by atoms with Gasteiger partial charge in [0.25, 0.3) is 5.91 Å². The molecule has 0 spiro atoms. The number of nitrogens with zero attached hydrogens (tertiary/aromatic N) is 1. The van der Waals surface area contributed by atoms with Gasteiger partial charge in [-0.3, -0.25) is 4.79 Å². The summed E-state index contributed by atoms with van der Waals surface area (Å²) in [4.78, 5) is 16.0. The molecule has 0 aliphatic rings. The van der Waals surface area contributed by atoms with Crippen LogP contribution in [0.5, 0.6) is 5.88 Å². The minimum absolute atomic E-state index is 0.244. The van der Waals surface area contributed by atoms with Crippen LogP contribution < -0.4 is 10.1 Å². The number of rotatable bonds is 4. The Morgan fingerprint density at radius 1 is 1.40 bits per heavy atom. The van der Waals surface area contributed by atoms with Gasteiger partial charge in [-0.15, -0.1) is 0 Å². The van der Waals surface area contributed by atoms with Gasteiger partial charge in [-0.25, -0.2) is 9.37 Å². The van der Waals surface area contributed by atoms with E-state index in [0.717, 1.165) is 0 Å². The SMILES string of the molecule is COc1ncccc1C(=O)NCc1ccc(C)c(F)c1. The molecular weight excluding hydrogens is 259 g/mol. The molecule has 1 amide bonds. The van der Waals surface area contributed by atoms with E-state index in [-0.39, 0.29) is 24.1 Å². The second-order valence-electron chi connectivity index (χ2n) is 4.33. The fourth-order valence-corrected chi connectivity index (χ4v) is 1.75. The van der Waals surface area contributed by atoms with Crippen LogP contribution in [0.2, 0.25) is 0 Å². The van der Waals surface area contributed by atoms with Crippen molar-refractivity contribution in [2.75, 3.05) is 7.11 Å². The predicted octanol–water partition coefficient (Wildman–Crippen LogP) is 2.47. The average Bonchev–Trinajstić information content (AvgIpc) is 2.48. The van der Waals surface area contributed by atoms with Crippen LogP contribution in [0.3, 0.4) is 0 Å². The number of carbonyl (C=O) groups excluding carboxylic acids is 1. The number of halogens is 1. The summed E-state index contributed by atoms with van der Waals surface area (Å²) in [7, 11) is 1.45. The molecule has 1 aromatic heterocycles. The van der Waals surface area contributed by atoms with Crippen molar-refractivity contribution in [2.45, 2.75) is 13.5 Å². The van der Waals surface area contributed by atoms with E-state index in [9.17, 15) is 9.18 Å². The first-order valence-corrected chi connectivity index (χ1v) is 6.14. The van der Waals surface area contributed by atoms with Crippen LogP contribution >= 0.6 is 0 Å². The number of pyridine rings is 1. The molecule has 0 atom stereocenters. The highest BCUT2D eigenvalue weighted by atomic mass is 19.1. The second kappa shape index (κ2) is 6.14. The summed E-state index contributed by atoms with van der Waals surface area (Å²) in [5.74, 6) is -0.327. The third-order valence-electron chi connectivity index (χ3n) is 2.90. The first-order valence-electron chi connectivity index (χ1n) is 6.14. The van der Waals surface area contributed by atoms with E-state index in [0.29, 0.717) is 16.7 Å². The number of carbonyl (C=O) groups is 1. The number of hydrogen-bond donors (Lipinski definition) is 1. The molecule has 1 heterocycles. The standard InChI is InChI=1S/C15H15FN2O2/c1-10-5-6-11(8-13(10)16)9-18-14(19)12-4-3-7-17-15(12)20-2/h3-8H,9H2,1-2H3,(H,18,19). The van der Waals surface area contributed by atoms with Crippen LogP contribution in [0.1, 0.15) is 21.5 Å². The van der Waals surface area contributed by atoms with Crippen LogP contribution in [0.25, 0.3) is 0 Å². The Morgan fingerprint density at radius 3 is 2.90 bits per heavy atom. The van der Waals surface area contributed by atoms with Gasteiger partial charge in [-0.2, -0.15) is 0 Å². The highest BCUT2D eigenvalue weighted by Crippen LogP contribution is 2.14. The molecule has 104 valence electrons. The molecule has 0 saturated carbocycles. The third kappa shape index (κ3) is 3.12. The number of aromatic nitrogens is 1. The fourth-order valence-electron chi connectivity index (χ4n) is 1.75. The van der Waals surface area contributed by atoms with Crippen LogP contribution in [0.4, 0.5) is 4.39 Å². The lowest BCUT2D eigenvalue weighted by Crippen LogP contribution is -2.23. The first kappa shape index (κ1) is 14.0. The summed E-state index contributed by atoms with van der Waals surface area (Å²) in [6, 6.07) is 8.15. The Bertz CT molecular complexity index is 629. The van der Waals surface area contributed by atoms with Gasteiger partial charge in [-0.05, 0) is 36.2 Å². The Kier molecular flexibility index (Phi) is 4.30. The number of methoxy groups -OCH3 is 1. The molecule has 2 aromatic rings. The third-order valence-corrected chi connectivity index (χ3v) is 2.90. The molecule has 1 aromatic carbocycles. The van der Waals surface area contributed by atoms with Gasteiger partial charge in [-0.1, -0.05) is 12.1 Å². The van der Waals surface area contributed by atoms with Crippen molar-refractivity contribution in [1.82, 2.24) is 10.3 Å². The molecular formula is C15H15FN2O2. The Balaban J connectivity index is 2.06. The lowest BCUT2D eigenvalue weighted by atomic mass is 10.1. The number of aryl methyl sites for hydroxylation is 1. The maximum absolute atomic E-state index is 13.4. The number of amides is 1. The molecule has 1 N–H and O–H groups in total. The van der Waals surface area contributed by atoms with E-state index in [4.69, 9.17) is 4.74 Å². The monoisotopic (exact) mass is 274 g/mol. The Morgan fingerprint density at radius 2 is 2.20 bits per heavy atom. The molecule has 0 aliphatic carbocycles. The van der Waals surface area contributed by atoms with Crippen LogP contribution in [-0.2, 0) is 6.54 Å². The van der Waals surface area contributed by atoms with Crippen molar-refractivity contribution in [3.05, 3.63) is 59.0 Å². The lowest BCUT2D eigenvalue weighted by molar-refractivity contribution is 0.0947. The zero-order valence-electron chi connectivity index (χ0n) is 11.3. The van der Waals surface area contributed by atoms with Gasteiger partial charge in [0.15, 0.2) is 0 Å². The number of ether oxygens (including phenoxy) is 1. The van der Waals surface area contributed by atoms with E-state index in [1.807, 2.05) is 0 Å².